The van der Waals surface area contributed by atoms with Gasteiger partial charge in [-0.1, -0.05) is 0 Å². The molecule has 0 bridgehead atoms. The predicted octanol–water partition coefficient (Wildman–Crippen LogP) is 0.0713. The standard InChI is InChI=1S/C14H19N3O5S/c1-5-22-14(19)10-6-11(8(2)15(10)4)23(20,21)16-7-12(18)17-9(3)13(16)17/h6,9,13H,5,7H2,1-4H3/t9-,13?,17?/m0/s1. The fourth-order valence-corrected chi connectivity index (χ4v) is 4.95. The number of aromatic nitrogens is 1. The summed E-state index contributed by atoms with van der Waals surface area (Å²) in [6.07, 6.45) is -0.404. The Morgan fingerprint density at radius 1 is 1.43 bits per heavy atom. The molecule has 0 spiro atoms. The Bertz CT molecular complexity index is 798. The number of carbonyl (C=O) groups excluding carboxylic acids is 2. The zero-order chi connectivity index (χ0) is 17.1. The first-order valence-corrected chi connectivity index (χ1v) is 8.82. The Morgan fingerprint density at radius 3 is 2.61 bits per heavy atom. The van der Waals surface area contributed by atoms with E-state index < -0.39 is 22.2 Å². The van der Waals surface area contributed by atoms with Crippen molar-refractivity contribution in [2.24, 2.45) is 7.05 Å². The average Bonchev–Trinajstić information content (AvgIpc) is 2.83. The van der Waals surface area contributed by atoms with Crippen LogP contribution in [0.4, 0.5) is 0 Å². The lowest BCUT2D eigenvalue weighted by Gasteiger charge is -2.16. The lowest BCUT2D eigenvalue weighted by molar-refractivity contribution is -0.123. The molecule has 126 valence electrons. The van der Waals surface area contributed by atoms with Crippen molar-refractivity contribution in [2.45, 2.75) is 37.9 Å². The van der Waals surface area contributed by atoms with Crippen LogP contribution in [0.25, 0.3) is 0 Å². The van der Waals surface area contributed by atoms with Gasteiger partial charge in [-0.05, 0) is 26.8 Å². The van der Waals surface area contributed by atoms with Crippen LogP contribution in [0.5, 0.6) is 0 Å². The fourth-order valence-electron chi connectivity index (χ4n) is 3.08. The molecule has 0 aliphatic carbocycles. The van der Waals surface area contributed by atoms with Crippen LogP contribution in [0, 0.1) is 6.92 Å². The summed E-state index contributed by atoms with van der Waals surface area (Å²) in [6.45, 7) is 5.18. The number of carbonyl (C=O) groups is 2. The van der Waals surface area contributed by atoms with E-state index in [1.807, 2.05) is 6.92 Å². The van der Waals surface area contributed by atoms with Gasteiger partial charge >= 0.3 is 5.97 Å². The van der Waals surface area contributed by atoms with E-state index in [0.717, 1.165) is 0 Å². The van der Waals surface area contributed by atoms with Gasteiger partial charge in [0, 0.05) is 12.7 Å². The molecular formula is C14H19N3O5S. The second kappa shape index (κ2) is 5.07. The van der Waals surface area contributed by atoms with Crippen molar-refractivity contribution >= 4 is 21.9 Å². The van der Waals surface area contributed by atoms with Crippen molar-refractivity contribution in [3.05, 3.63) is 17.5 Å². The van der Waals surface area contributed by atoms with Gasteiger partial charge in [0.2, 0.25) is 15.9 Å². The molecule has 2 aliphatic heterocycles. The van der Waals surface area contributed by atoms with Crippen LogP contribution in [-0.4, -0.2) is 59.4 Å². The summed E-state index contributed by atoms with van der Waals surface area (Å²) in [4.78, 5) is 25.3. The molecule has 8 nitrogen and oxygen atoms in total. The van der Waals surface area contributed by atoms with E-state index in [2.05, 4.69) is 0 Å². The molecule has 1 aromatic heterocycles. The van der Waals surface area contributed by atoms with Crippen molar-refractivity contribution in [3.63, 3.8) is 0 Å². The maximum absolute atomic E-state index is 12.9. The lowest BCUT2D eigenvalue weighted by Crippen LogP contribution is -2.35. The van der Waals surface area contributed by atoms with E-state index >= 15 is 0 Å². The Morgan fingerprint density at radius 2 is 2.09 bits per heavy atom. The van der Waals surface area contributed by atoms with Crippen LogP contribution < -0.4 is 0 Å². The maximum atomic E-state index is 12.9. The number of esters is 1. The molecule has 1 amide bonds. The lowest BCUT2D eigenvalue weighted by atomic mass is 10.4. The van der Waals surface area contributed by atoms with Gasteiger partial charge in [-0.2, -0.15) is 4.31 Å². The molecule has 9 heteroatoms. The molecule has 0 saturated carbocycles. The first-order valence-electron chi connectivity index (χ1n) is 7.38. The molecule has 2 saturated heterocycles. The summed E-state index contributed by atoms with van der Waals surface area (Å²) in [6, 6.07) is 1.22. The largest absolute Gasteiger partial charge is 0.461 e. The Balaban J connectivity index is 2.00. The minimum Gasteiger partial charge on any atom is -0.461 e. The maximum Gasteiger partial charge on any atom is 0.354 e. The number of hydrogen-bond acceptors (Lipinski definition) is 5. The van der Waals surface area contributed by atoms with Crippen molar-refractivity contribution in [1.29, 1.82) is 0 Å². The van der Waals surface area contributed by atoms with Gasteiger partial charge in [-0.15, -0.1) is 0 Å². The highest BCUT2D eigenvalue weighted by molar-refractivity contribution is 7.89. The van der Waals surface area contributed by atoms with Crippen LogP contribution in [0.3, 0.4) is 0 Å². The smallest absolute Gasteiger partial charge is 0.354 e. The van der Waals surface area contributed by atoms with Crippen LogP contribution in [0.1, 0.15) is 30.0 Å². The van der Waals surface area contributed by atoms with Crippen molar-refractivity contribution in [3.8, 4) is 0 Å². The third kappa shape index (κ3) is 2.18. The van der Waals surface area contributed by atoms with Gasteiger partial charge in [-0.3, -0.25) is 4.79 Å². The quantitative estimate of drug-likeness (QED) is 0.571. The van der Waals surface area contributed by atoms with E-state index in [1.54, 1.807) is 25.8 Å². The molecular weight excluding hydrogens is 322 g/mol. The van der Waals surface area contributed by atoms with E-state index in [4.69, 9.17) is 4.74 Å². The summed E-state index contributed by atoms with van der Waals surface area (Å²) in [5, 5.41) is 0. The second-order valence-corrected chi connectivity index (χ2v) is 7.62. The summed E-state index contributed by atoms with van der Waals surface area (Å²) in [5.41, 5.74) is 0.612. The van der Waals surface area contributed by atoms with Crippen molar-refractivity contribution in [2.75, 3.05) is 13.2 Å². The Labute approximate surface area is 134 Å². The third-order valence-corrected chi connectivity index (χ3v) is 6.43. The number of hydrogen-bond donors (Lipinski definition) is 0. The highest BCUT2D eigenvalue weighted by Gasteiger charge is 2.61. The van der Waals surface area contributed by atoms with Gasteiger partial charge in [-0.25, -0.2) is 13.2 Å². The zero-order valence-electron chi connectivity index (χ0n) is 13.4. The van der Waals surface area contributed by atoms with Crippen LogP contribution in [0.15, 0.2) is 11.0 Å². The number of ether oxygens (including phenoxy) is 1. The molecule has 1 unspecified atom stereocenters. The molecule has 0 N–H and O–H groups in total. The topological polar surface area (TPSA) is 88.7 Å². The molecule has 0 radical (unpaired) electrons. The number of fused-ring (bicyclic) bond motifs is 1. The van der Waals surface area contributed by atoms with Gasteiger partial charge in [0.25, 0.3) is 0 Å². The highest BCUT2D eigenvalue weighted by atomic mass is 32.2. The summed E-state index contributed by atoms with van der Waals surface area (Å²) in [5.74, 6) is -0.760. The minimum absolute atomic E-state index is 0.0387. The summed E-state index contributed by atoms with van der Waals surface area (Å²) >= 11 is 0. The monoisotopic (exact) mass is 341 g/mol. The van der Waals surface area contributed by atoms with Crippen LogP contribution in [-0.2, 0) is 26.6 Å². The van der Waals surface area contributed by atoms with Crippen molar-refractivity contribution in [1.82, 2.24) is 13.8 Å². The van der Waals surface area contributed by atoms with Gasteiger partial charge < -0.3 is 14.2 Å². The van der Waals surface area contributed by atoms with E-state index in [0.29, 0.717) is 5.69 Å². The Kier molecular flexibility index (Phi) is 3.53. The molecule has 3 heterocycles. The third-order valence-electron chi connectivity index (χ3n) is 4.50. The molecule has 1 aromatic rings. The van der Waals surface area contributed by atoms with E-state index in [9.17, 15) is 18.0 Å². The first kappa shape index (κ1) is 16.0. The number of nitrogens with zero attached hydrogens (tertiary/aromatic N) is 3. The number of sulfonamides is 1. The van der Waals surface area contributed by atoms with Gasteiger partial charge in [0.05, 0.1) is 19.2 Å². The van der Waals surface area contributed by atoms with Gasteiger partial charge in [0.1, 0.15) is 16.8 Å². The molecule has 2 aliphatic rings. The predicted molar refractivity (Wildman–Crippen MR) is 80.1 cm³/mol. The highest BCUT2D eigenvalue weighted by Crippen LogP contribution is 2.40. The molecule has 3 rings (SSSR count). The SMILES string of the molecule is CCOC(=O)c1cc(S(=O)(=O)N2CC(=O)N3C2[C@@H]3C)c(C)n1C. The summed E-state index contributed by atoms with van der Waals surface area (Å²) < 4.78 is 33.5. The van der Waals surface area contributed by atoms with Crippen LogP contribution >= 0.6 is 0 Å². The number of rotatable bonds is 4. The molecule has 2 atom stereocenters. The number of amides is 1. The first-order chi connectivity index (χ1) is 10.7. The molecule has 23 heavy (non-hydrogen) atoms. The molecule has 2 fully saturated rings. The van der Waals surface area contributed by atoms with E-state index in [1.165, 1.54) is 14.9 Å². The minimum atomic E-state index is -3.85. The van der Waals surface area contributed by atoms with Gasteiger partial charge in [0.15, 0.2) is 0 Å². The zero-order valence-corrected chi connectivity index (χ0v) is 14.3. The Hall–Kier alpha value is -1.87. The average molecular weight is 341 g/mol. The summed E-state index contributed by atoms with van der Waals surface area (Å²) in [7, 11) is -2.24. The van der Waals surface area contributed by atoms with Crippen LogP contribution in [0.2, 0.25) is 0 Å². The fraction of sp³-hybridized carbons (Fsp3) is 0.571. The normalized spacial score (nSPS) is 24.0. The number of piperazine rings is 1. The van der Waals surface area contributed by atoms with Crippen molar-refractivity contribution < 1.29 is 22.7 Å². The van der Waals surface area contributed by atoms with E-state index in [-0.39, 0.29) is 35.7 Å². The second-order valence-electron chi connectivity index (χ2n) is 5.76. The molecule has 0 aromatic carbocycles.